The molecule has 0 aromatic heterocycles. The molecule has 6 rings (SSSR count). The molecule has 0 saturated carbocycles. The largest absolute Gasteiger partial charge is 0.458 e. The zero-order valence-corrected chi connectivity index (χ0v) is 14.6. The fourth-order valence-electron chi connectivity index (χ4n) is 4.23. The molecule has 0 N–H and O–H groups in total. The summed E-state index contributed by atoms with van der Waals surface area (Å²) in [7, 11) is 0. The zero-order chi connectivity index (χ0) is 17.8. The van der Waals surface area contributed by atoms with E-state index in [1.807, 2.05) is 24.3 Å². The minimum atomic E-state index is 0.119. The van der Waals surface area contributed by atoms with Crippen molar-refractivity contribution in [2.75, 3.05) is 0 Å². The highest BCUT2D eigenvalue weighted by Crippen LogP contribution is 2.40. The minimum Gasteiger partial charge on any atom is -0.458 e. The zero-order valence-electron chi connectivity index (χ0n) is 14.6. The van der Waals surface area contributed by atoms with Crippen LogP contribution in [0.4, 0.5) is 0 Å². The molecule has 2 aliphatic rings. The molecule has 27 heavy (non-hydrogen) atoms. The van der Waals surface area contributed by atoms with Crippen molar-refractivity contribution in [3.05, 3.63) is 91.0 Å². The molecule has 126 valence electrons. The van der Waals surface area contributed by atoms with Crippen LogP contribution in [0, 0.1) is 0 Å². The molecule has 2 nitrogen and oxygen atoms in total. The molecule has 3 heteroatoms. The van der Waals surface area contributed by atoms with Crippen LogP contribution in [-0.4, -0.2) is 6.71 Å². The molecule has 2 heterocycles. The third-order valence-corrected chi connectivity index (χ3v) is 5.42. The van der Waals surface area contributed by atoms with Crippen molar-refractivity contribution >= 4 is 23.1 Å². The summed E-state index contributed by atoms with van der Waals surface area (Å²) in [6, 6.07) is 31.2. The Balaban J connectivity index is 1.68. The third-order valence-electron chi connectivity index (χ3n) is 5.42. The Labute approximate surface area is 158 Å². The highest BCUT2D eigenvalue weighted by Gasteiger charge is 2.40. The molecule has 0 unspecified atom stereocenters. The van der Waals surface area contributed by atoms with Crippen LogP contribution in [0.15, 0.2) is 91.0 Å². The van der Waals surface area contributed by atoms with Crippen LogP contribution in [0.1, 0.15) is 0 Å². The quantitative estimate of drug-likeness (QED) is 0.418. The second-order valence-electron chi connectivity index (χ2n) is 6.93. The van der Waals surface area contributed by atoms with Gasteiger partial charge in [0.05, 0.1) is 0 Å². The summed E-state index contributed by atoms with van der Waals surface area (Å²) >= 11 is 0. The van der Waals surface area contributed by atoms with E-state index in [-0.39, 0.29) is 6.71 Å². The molecule has 0 fully saturated rings. The number of hydrogen-bond acceptors (Lipinski definition) is 2. The monoisotopic (exact) mass is 346 g/mol. The van der Waals surface area contributed by atoms with Crippen LogP contribution in [0.25, 0.3) is 11.1 Å². The van der Waals surface area contributed by atoms with E-state index in [9.17, 15) is 0 Å². The van der Waals surface area contributed by atoms with E-state index >= 15 is 0 Å². The van der Waals surface area contributed by atoms with Crippen LogP contribution < -0.4 is 25.9 Å². The van der Waals surface area contributed by atoms with E-state index in [4.69, 9.17) is 9.47 Å². The van der Waals surface area contributed by atoms with Crippen molar-refractivity contribution in [1.29, 1.82) is 0 Å². The predicted octanol–water partition coefficient (Wildman–Crippen LogP) is 4.08. The van der Waals surface area contributed by atoms with Crippen molar-refractivity contribution < 1.29 is 9.47 Å². The Morgan fingerprint density at radius 3 is 1.89 bits per heavy atom. The fourth-order valence-corrected chi connectivity index (χ4v) is 4.23. The number of hydrogen-bond donors (Lipinski definition) is 0. The van der Waals surface area contributed by atoms with Crippen molar-refractivity contribution in [3.8, 4) is 34.1 Å². The Hall–Kier alpha value is -3.46. The van der Waals surface area contributed by atoms with Gasteiger partial charge in [-0.25, -0.2) is 0 Å². The lowest BCUT2D eigenvalue weighted by atomic mass is 9.34. The second-order valence-corrected chi connectivity index (χ2v) is 6.93. The van der Waals surface area contributed by atoms with Crippen molar-refractivity contribution in [2.45, 2.75) is 0 Å². The van der Waals surface area contributed by atoms with E-state index in [0.717, 1.165) is 39.6 Å². The summed E-state index contributed by atoms with van der Waals surface area (Å²) in [5.74, 6) is 3.62. The third kappa shape index (κ3) is 2.09. The van der Waals surface area contributed by atoms with Crippen molar-refractivity contribution in [2.24, 2.45) is 0 Å². The van der Waals surface area contributed by atoms with Crippen LogP contribution in [0.2, 0.25) is 0 Å². The van der Waals surface area contributed by atoms with Crippen LogP contribution in [-0.2, 0) is 0 Å². The predicted molar refractivity (Wildman–Crippen MR) is 110 cm³/mol. The van der Waals surface area contributed by atoms with Gasteiger partial charge in [-0.15, -0.1) is 0 Å². The highest BCUT2D eigenvalue weighted by atomic mass is 16.5. The topological polar surface area (TPSA) is 18.5 Å². The van der Waals surface area contributed by atoms with Gasteiger partial charge in [0.15, 0.2) is 0 Å². The van der Waals surface area contributed by atoms with Gasteiger partial charge in [-0.2, -0.15) is 0 Å². The lowest BCUT2D eigenvalue weighted by molar-refractivity contribution is 0.465. The van der Waals surface area contributed by atoms with Gasteiger partial charge in [0, 0.05) is 11.0 Å². The summed E-state index contributed by atoms with van der Waals surface area (Å²) < 4.78 is 12.7. The Morgan fingerprint density at radius 1 is 0.519 bits per heavy atom. The molecule has 4 aromatic rings. The lowest BCUT2D eigenvalue weighted by Gasteiger charge is -2.33. The van der Waals surface area contributed by atoms with E-state index in [2.05, 4.69) is 66.7 Å². The van der Waals surface area contributed by atoms with E-state index in [1.165, 1.54) is 10.9 Å². The first kappa shape index (κ1) is 14.7. The van der Waals surface area contributed by atoms with Gasteiger partial charge in [-0.05, 0) is 40.8 Å². The first-order valence-electron chi connectivity index (χ1n) is 9.16. The summed E-state index contributed by atoms with van der Waals surface area (Å²) in [4.78, 5) is 0. The van der Waals surface area contributed by atoms with Gasteiger partial charge in [0.1, 0.15) is 23.0 Å². The molecule has 0 radical (unpaired) electrons. The Kier molecular flexibility index (Phi) is 3.00. The SMILES string of the molecule is c1ccc(-c2ccc3c4c2Oc2ccccc2B4c2ccccc2O3)cc1. The summed E-state index contributed by atoms with van der Waals surface area (Å²) in [5.41, 5.74) is 5.73. The maximum Gasteiger partial charge on any atom is 0.260 e. The van der Waals surface area contributed by atoms with Crippen LogP contribution in [0.3, 0.4) is 0 Å². The van der Waals surface area contributed by atoms with Gasteiger partial charge in [0.25, 0.3) is 6.71 Å². The highest BCUT2D eigenvalue weighted by molar-refractivity contribution is 6.98. The standard InChI is InChI=1S/C24H15BO2/c1-2-8-16(9-3-1)17-14-15-22-23-24(17)27-21-13-7-5-11-19(21)25(23)18-10-4-6-12-20(18)26-22/h1-15H. The second kappa shape index (κ2) is 5.52. The molecular formula is C24H15BO2. The first-order chi connectivity index (χ1) is 13.4. The number of para-hydroxylation sites is 2. The van der Waals surface area contributed by atoms with Gasteiger partial charge in [-0.3, -0.25) is 0 Å². The summed E-state index contributed by atoms with van der Waals surface area (Å²) in [6.45, 7) is 0.119. The molecule has 0 amide bonds. The number of rotatable bonds is 1. The Bertz CT molecular complexity index is 1170. The lowest BCUT2D eigenvalue weighted by Crippen LogP contribution is -2.57. The summed E-state index contributed by atoms with van der Waals surface area (Å²) in [6.07, 6.45) is 0. The molecule has 0 spiro atoms. The average molecular weight is 346 g/mol. The molecular weight excluding hydrogens is 331 g/mol. The van der Waals surface area contributed by atoms with Crippen LogP contribution in [0.5, 0.6) is 23.0 Å². The van der Waals surface area contributed by atoms with E-state index < -0.39 is 0 Å². The molecule has 4 aromatic carbocycles. The van der Waals surface area contributed by atoms with Gasteiger partial charge in [0.2, 0.25) is 0 Å². The fraction of sp³-hybridized carbons (Fsp3) is 0. The molecule has 0 bridgehead atoms. The Morgan fingerprint density at radius 2 is 1.15 bits per heavy atom. The summed E-state index contributed by atoms with van der Waals surface area (Å²) in [5, 5.41) is 0. The van der Waals surface area contributed by atoms with E-state index in [1.54, 1.807) is 0 Å². The smallest absolute Gasteiger partial charge is 0.260 e. The molecule has 0 aliphatic carbocycles. The van der Waals surface area contributed by atoms with Gasteiger partial charge >= 0.3 is 0 Å². The molecule has 2 aliphatic heterocycles. The van der Waals surface area contributed by atoms with Gasteiger partial charge in [-0.1, -0.05) is 66.7 Å². The first-order valence-corrected chi connectivity index (χ1v) is 9.16. The van der Waals surface area contributed by atoms with Crippen molar-refractivity contribution in [1.82, 2.24) is 0 Å². The number of ether oxygens (including phenoxy) is 2. The van der Waals surface area contributed by atoms with Crippen LogP contribution >= 0.6 is 0 Å². The van der Waals surface area contributed by atoms with Gasteiger partial charge < -0.3 is 9.47 Å². The van der Waals surface area contributed by atoms with Crippen molar-refractivity contribution in [3.63, 3.8) is 0 Å². The molecule has 0 atom stereocenters. The molecule has 0 saturated heterocycles. The normalized spacial score (nSPS) is 13.0. The maximum atomic E-state index is 6.44. The maximum absolute atomic E-state index is 6.44. The van der Waals surface area contributed by atoms with E-state index in [0.29, 0.717) is 0 Å². The number of benzene rings is 4. The minimum absolute atomic E-state index is 0.119. The average Bonchev–Trinajstić information content (AvgIpc) is 2.74. The number of fused-ring (bicyclic) bond motifs is 4.